The minimum Gasteiger partial charge on any atom is -0.426 e. The van der Waals surface area contributed by atoms with E-state index in [4.69, 9.17) is 20.0 Å². The van der Waals surface area contributed by atoms with Crippen molar-refractivity contribution in [1.82, 2.24) is 0 Å². The van der Waals surface area contributed by atoms with Crippen LogP contribution >= 0.6 is 0 Å². The van der Waals surface area contributed by atoms with Crippen LogP contribution in [0.1, 0.15) is 43.2 Å². The third-order valence-corrected chi connectivity index (χ3v) is 6.26. The van der Waals surface area contributed by atoms with Crippen molar-refractivity contribution in [1.29, 1.82) is 10.5 Å². The van der Waals surface area contributed by atoms with E-state index in [2.05, 4.69) is 0 Å². The number of nitriles is 2. The Morgan fingerprint density at radius 2 is 0.976 bits per heavy atom. The van der Waals surface area contributed by atoms with Crippen molar-refractivity contribution in [2.24, 2.45) is 0 Å². The SMILES string of the molecule is N#Cc1ccc(-c2ccc(OC(=O)CCCCCC(=O)Oc3ccc(-c4ccc(C#N)cc4)c(F)c3)cc2F)cc1. The van der Waals surface area contributed by atoms with Crippen molar-refractivity contribution in [3.8, 4) is 45.9 Å². The maximum absolute atomic E-state index is 14.6. The summed E-state index contributed by atoms with van der Waals surface area (Å²) >= 11 is 0. The number of ether oxygens (including phenoxy) is 2. The number of nitrogens with zero attached hydrogens (tertiary/aromatic N) is 2. The standard InChI is InChI=1S/C33H24F2N2O4/c34-30-18-26(14-16-28(30)24-10-6-22(20-36)7-11-24)40-32(38)4-2-1-3-5-33(39)41-27-15-17-29(31(35)19-27)25-12-8-23(21-37)9-13-25/h6-19H,1-5H2. The van der Waals surface area contributed by atoms with Gasteiger partial charge < -0.3 is 9.47 Å². The highest BCUT2D eigenvalue weighted by atomic mass is 19.1. The molecule has 4 aromatic rings. The molecule has 0 saturated heterocycles. The van der Waals surface area contributed by atoms with Gasteiger partial charge in [0.25, 0.3) is 0 Å². The molecular formula is C33H24F2N2O4. The van der Waals surface area contributed by atoms with E-state index in [1.807, 2.05) is 12.1 Å². The summed E-state index contributed by atoms with van der Waals surface area (Å²) in [5, 5.41) is 17.8. The van der Waals surface area contributed by atoms with Crippen LogP contribution in [0.2, 0.25) is 0 Å². The summed E-state index contributed by atoms with van der Waals surface area (Å²) in [7, 11) is 0. The second kappa shape index (κ2) is 13.6. The Labute approximate surface area is 236 Å². The molecule has 0 saturated carbocycles. The van der Waals surface area contributed by atoms with Crippen LogP contribution in [-0.4, -0.2) is 11.9 Å². The van der Waals surface area contributed by atoms with Gasteiger partial charge in [0.1, 0.15) is 23.1 Å². The lowest BCUT2D eigenvalue weighted by molar-refractivity contribution is -0.134. The molecule has 0 spiro atoms. The number of rotatable bonds is 10. The summed E-state index contributed by atoms with van der Waals surface area (Å²) in [6.45, 7) is 0. The average Bonchev–Trinajstić information content (AvgIpc) is 2.97. The molecular weight excluding hydrogens is 526 g/mol. The molecule has 0 atom stereocenters. The summed E-state index contributed by atoms with van der Waals surface area (Å²) in [4.78, 5) is 24.3. The van der Waals surface area contributed by atoms with Crippen molar-refractivity contribution < 1.29 is 27.8 Å². The molecule has 6 nitrogen and oxygen atoms in total. The first-order chi connectivity index (χ1) is 19.9. The number of carbonyl (C=O) groups excluding carboxylic acids is 2. The summed E-state index contributed by atoms with van der Waals surface area (Å²) in [6.07, 6.45) is 1.67. The molecule has 0 aliphatic heterocycles. The zero-order chi connectivity index (χ0) is 29.2. The third kappa shape index (κ3) is 7.84. The zero-order valence-corrected chi connectivity index (χ0v) is 21.9. The number of carbonyl (C=O) groups is 2. The van der Waals surface area contributed by atoms with E-state index in [0.29, 0.717) is 52.6 Å². The predicted molar refractivity (Wildman–Crippen MR) is 147 cm³/mol. The number of unbranched alkanes of at least 4 members (excludes halogenated alkanes) is 2. The van der Waals surface area contributed by atoms with Gasteiger partial charge in [0.05, 0.1) is 23.3 Å². The second-order valence-corrected chi connectivity index (χ2v) is 9.17. The van der Waals surface area contributed by atoms with Gasteiger partial charge in [-0.25, -0.2) is 8.78 Å². The van der Waals surface area contributed by atoms with E-state index in [1.54, 1.807) is 48.5 Å². The van der Waals surface area contributed by atoms with E-state index in [9.17, 15) is 18.4 Å². The number of benzene rings is 4. The molecule has 204 valence electrons. The van der Waals surface area contributed by atoms with Crippen LogP contribution in [0.25, 0.3) is 22.3 Å². The van der Waals surface area contributed by atoms with Crippen molar-refractivity contribution in [3.63, 3.8) is 0 Å². The Kier molecular flexibility index (Phi) is 9.53. The molecule has 0 aliphatic carbocycles. The summed E-state index contributed by atoms with van der Waals surface area (Å²) in [5.41, 5.74) is 2.79. The summed E-state index contributed by atoms with van der Waals surface area (Å²) in [6, 6.07) is 25.3. The minimum absolute atomic E-state index is 0.0888. The molecule has 8 heteroatoms. The van der Waals surface area contributed by atoms with Crippen LogP contribution in [0.5, 0.6) is 11.5 Å². The maximum Gasteiger partial charge on any atom is 0.311 e. The van der Waals surface area contributed by atoms with Crippen molar-refractivity contribution >= 4 is 11.9 Å². The van der Waals surface area contributed by atoms with Crippen LogP contribution in [0, 0.1) is 34.3 Å². The zero-order valence-electron chi connectivity index (χ0n) is 21.9. The highest BCUT2D eigenvalue weighted by Crippen LogP contribution is 2.28. The lowest BCUT2D eigenvalue weighted by atomic mass is 10.0. The largest absolute Gasteiger partial charge is 0.426 e. The molecule has 0 aromatic heterocycles. The number of hydrogen-bond donors (Lipinski definition) is 0. The molecule has 4 aromatic carbocycles. The summed E-state index contributed by atoms with van der Waals surface area (Å²) in [5.74, 6) is -1.96. The van der Waals surface area contributed by atoms with E-state index in [0.717, 1.165) is 12.1 Å². The van der Waals surface area contributed by atoms with Crippen molar-refractivity contribution in [2.45, 2.75) is 32.1 Å². The van der Waals surface area contributed by atoms with Gasteiger partial charge in [-0.1, -0.05) is 30.7 Å². The van der Waals surface area contributed by atoms with Crippen molar-refractivity contribution in [2.75, 3.05) is 0 Å². The van der Waals surface area contributed by atoms with Gasteiger partial charge in [-0.2, -0.15) is 10.5 Å². The maximum atomic E-state index is 14.6. The van der Waals surface area contributed by atoms with E-state index >= 15 is 0 Å². The molecule has 41 heavy (non-hydrogen) atoms. The van der Waals surface area contributed by atoms with Gasteiger partial charge in [-0.05, 0) is 72.5 Å². The molecule has 0 heterocycles. The van der Waals surface area contributed by atoms with Crippen LogP contribution < -0.4 is 9.47 Å². The van der Waals surface area contributed by atoms with Gasteiger partial charge in [0, 0.05) is 36.1 Å². The molecule has 0 amide bonds. The van der Waals surface area contributed by atoms with Gasteiger partial charge in [-0.3, -0.25) is 9.59 Å². The fourth-order valence-electron chi connectivity index (χ4n) is 4.12. The highest BCUT2D eigenvalue weighted by molar-refractivity contribution is 5.74. The molecule has 4 rings (SSSR count). The number of halogens is 2. The van der Waals surface area contributed by atoms with E-state index in [-0.39, 0.29) is 24.3 Å². The highest BCUT2D eigenvalue weighted by Gasteiger charge is 2.12. The Morgan fingerprint density at radius 3 is 1.32 bits per heavy atom. The lowest BCUT2D eigenvalue weighted by Crippen LogP contribution is -2.09. The smallest absolute Gasteiger partial charge is 0.311 e. The van der Waals surface area contributed by atoms with E-state index < -0.39 is 23.6 Å². The second-order valence-electron chi connectivity index (χ2n) is 9.17. The predicted octanol–water partition coefficient (Wildman–Crippen LogP) is 7.50. The fraction of sp³-hybridized carbons (Fsp3) is 0.152. The van der Waals surface area contributed by atoms with Gasteiger partial charge >= 0.3 is 11.9 Å². The fourth-order valence-corrected chi connectivity index (χ4v) is 4.12. The van der Waals surface area contributed by atoms with Crippen LogP contribution in [0.15, 0.2) is 84.9 Å². The van der Waals surface area contributed by atoms with Gasteiger partial charge in [-0.15, -0.1) is 0 Å². The molecule has 0 bridgehead atoms. The Bertz CT molecular complexity index is 1510. The van der Waals surface area contributed by atoms with Crippen LogP contribution in [0.4, 0.5) is 8.78 Å². The van der Waals surface area contributed by atoms with Crippen molar-refractivity contribution in [3.05, 3.63) is 108 Å². The molecule has 0 N–H and O–H groups in total. The van der Waals surface area contributed by atoms with Crippen LogP contribution in [-0.2, 0) is 9.59 Å². The first kappa shape index (κ1) is 28.7. The molecule has 0 aliphatic rings. The first-order valence-corrected chi connectivity index (χ1v) is 12.9. The first-order valence-electron chi connectivity index (χ1n) is 12.9. The van der Waals surface area contributed by atoms with Crippen LogP contribution in [0.3, 0.4) is 0 Å². The monoisotopic (exact) mass is 550 g/mol. The average molecular weight is 551 g/mol. The molecule has 0 fully saturated rings. The normalized spacial score (nSPS) is 10.3. The van der Waals surface area contributed by atoms with E-state index in [1.165, 1.54) is 24.3 Å². The summed E-state index contributed by atoms with van der Waals surface area (Å²) < 4.78 is 39.6. The Hall–Kier alpha value is -5.34. The minimum atomic E-state index is -0.553. The molecule has 0 unspecified atom stereocenters. The number of esters is 2. The quantitative estimate of drug-likeness (QED) is 0.115. The third-order valence-electron chi connectivity index (χ3n) is 6.26. The number of hydrogen-bond acceptors (Lipinski definition) is 6. The van der Waals surface area contributed by atoms with Gasteiger partial charge in [0.15, 0.2) is 0 Å². The molecule has 0 radical (unpaired) electrons. The Morgan fingerprint density at radius 1 is 0.585 bits per heavy atom. The lowest BCUT2D eigenvalue weighted by Gasteiger charge is -2.08. The Balaban J connectivity index is 1.17. The van der Waals surface area contributed by atoms with Gasteiger partial charge in [0.2, 0.25) is 0 Å². The topological polar surface area (TPSA) is 100 Å².